The zero-order valence-electron chi connectivity index (χ0n) is 6.50. The zero-order chi connectivity index (χ0) is 8.43. The first kappa shape index (κ1) is 7.78. The van der Waals surface area contributed by atoms with Crippen LogP contribution in [-0.2, 0) is 0 Å². The van der Waals surface area contributed by atoms with Crippen molar-refractivity contribution in [1.82, 2.24) is 4.98 Å². The summed E-state index contributed by atoms with van der Waals surface area (Å²) in [6.45, 7) is 3.85. The molecule has 2 N–H and O–H groups in total. The van der Waals surface area contributed by atoms with E-state index in [9.17, 15) is 4.79 Å². The van der Waals surface area contributed by atoms with Gasteiger partial charge in [-0.1, -0.05) is 13.8 Å². The first-order valence-corrected chi connectivity index (χ1v) is 3.36. The van der Waals surface area contributed by atoms with Crippen molar-refractivity contribution in [3.05, 3.63) is 17.8 Å². The number of carbonyl (C=O) groups excluding carboxylic acids is 1. The van der Waals surface area contributed by atoms with Crippen LogP contribution in [0.3, 0.4) is 0 Å². The first-order valence-electron chi connectivity index (χ1n) is 3.36. The van der Waals surface area contributed by atoms with E-state index < -0.39 is 5.91 Å². The van der Waals surface area contributed by atoms with Crippen molar-refractivity contribution in [1.29, 1.82) is 0 Å². The summed E-state index contributed by atoms with van der Waals surface area (Å²) in [5, 5.41) is 0. The number of carbonyl (C=O) groups is 1. The van der Waals surface area contributed by atoms with Crippen LogP contribution in [0.5, 0.6) is 0 Å². The smallest absolute Gasteiger partial charge is 0.270 e. The second-order valence-corrected chi connectivity index (χ2v) is 2.59. The number of aromatic nitrogens is 1. The summed E-state index contributed by atoms with van der Waals surface area (Å²) < 4.78 is 4.98. The Morgan fingerprint density at radius 1 is 1.73 bits per heavy atom. The van der Waals surface area contributed by atoms with Gasteiger partial charge in [0.1, 0.15) is 6.26 Å². The van der Waals surface area contributed by atoms with E-state index in [0.717, 1.165) is 0 Å². The predicted molar refractivity (Wildman–Crippen MR) is 39.1 cm³/mol. The van der Waals surface area contributed by atoms with Crippen molar-refractivity contribution >= 4 is 5.91 Å². The monoisotopic (exact) mass is 154 g/mol. The fourth-order valence-corrected chi connectivity index (χ4v) is 0.666. The number of nitrogens with zero attached hydrogens (tertiary/aromatic N) is 1. The number of hydrogen-bond acceptors (Lipinski definition) is 3. The molecular weight excluding hydrogens is 144 g/mol. The van der Waals surface area contributed by atoms with Crippen molar-refractivity contribution in [2.75, 3.05) is 0 Å². The van der Waals surface area contributed by atoms with E-state index in [4.69, 9.17) is 10.2 Å². The molecule has 0 bridgehead atoms. The minimum absolute atomic E-state index is 0.183. The van der Waals surface area contributed by atoms with E-state index in [0.29, 0.717) is 5.89 Å². The largest absolute Gasteiger partial charge is 0.448 e. The third kappa shape index (κ3) is 1.58. The lowest BCUT2D eigenvalue weighted by Crippen LogP contribution is -2.11. The van der Waals surface area contributed by atoms with Gasteiger partial charge in [0.25, 0.3) is 5.91 Å². The van der Waals surface area contributed by atoms with Crippen LogP contribution in [0.1, 0.15) is 36.1 Å². The Morgan fingerprint density at radius 3 is 2.64 bits per heavy atom. The fourth-order valence-electron chi connectivity index (χ4n) is 0.666. The van der Waals surface area contributed by atoms with Crippen molar-refractivity contribution in [3.8, 4) is 0 Å². The molecule has 0 saturated heterocycles. The average molecular weight is 154 g/mol. The quantitative estimate of drug-likeness (QED) is 0.687. The van der Waals surface area contributed by atoms with Gasteiger partial charge in [-0.05, 0) is 0 Å². The second-order valence-electron chi connectivity index (χ2n) is 2.59. The normalized spacial score (nSPS) is 10.5. The molecule has 0 atom stereocenters. The SMILES string of the molecule is CC(C)c1nc(C(N)=O)co1. The van der Waals surface area contributed by atoms with Gasteiger partial charge in [-0.15, -0.1) is 0 Å². The summed E-state index contributed by atoms with van der Waals surface area (Å²) in [5.74, 6) is 0.169. The van der Waals surface area contributed by atoms with Gasteiger partial charge >= 0.3 is 0 Å². The van der Waals surface area contributed by atoms with Crippen LogP contribution in [0.15, 0.2) is 10.7 Å². The van der Waals surface area contributed by atoms with Crippen LogP contribution >= 0.6 is 0 Å². The standard InChI is InChI=1S/C7H10N2O2/c1-4(2)7-9-5(3-11-7)6(8)10/h3-4H,1-2H3,(H2,8,10). The maximum atomic E-state index is 10.5. The summed E-state index contributed by atoms with van der Waals surface area (Å²) >= 11 is 0. The molecule has 0 unspecified atom stereocenters. The zero-order valence-corrected chi connectivity index (χ0v) is 6.50. The molecule has 1 aromatic rings. The van der Waals surface area contributed by atoms with Crippen LogP contribution in [0, 0.1) is 0 Å². The Kier molecular flexibility index (Phi) is 1.94. The van der Waals surface area contributed by atoms with Crippen LogP contribution < -0.4 is 5.73 Å². The molecule has 0 saturated carbocycles. The number of hydrogen-bond donors (Lipinski definition) is 1. The Bertz CT molecular complexity index is 265. The van der Waals surface area contributed by atoms with Gasteiger partial charge in [-0.25, -0.2) is 4.98 Å². The highest BCUT2D eigenvalue weighted by molar-refractivity contribution is 5.90. The van der Waals surface area contributed by atoms with Gasteiger partial charge in [-0.2, -0.15) is 0 Å². The highest BCUT2D eigenvalue weighted by Crippen LogP contribution is 2.12. The fraction of sp³-hybridized carbons (Fsp3) is 0.429. The minimum Gasteiger partial charge on any atom is -0.448 e. The van der Waals surface area contributed by atoms with Gasteiger partial charge in [-0.3, -0.25) is 4.79 Å². The lowest BCUT2D eigenvalue weighted by Gasteiger charge is -1.93. The van der Waals surface area contributed by atoms with Crippen LogP contribution in [0.4, 0.5) is 0 Å². The number of primary amides is 1. The van der Waals surface area contributed by atoms with E-state index in [1.165, 1.54) is 6.26 Å². The Morgan fingerprint density at radius 2 is 2.36 bits per heavy atom. The molecule has 60 valence electrons. The van der Waals surface area contributed by atoms with E-state index >= 15 is 0 Å². The van der Waals surface area contributed by atoms with Crippen molar-refractivity contribution in [2.24, 2.45) is 5.73 Å². The summed E-state index contributed by atoms with van der Waals surface area (Å²) in [5.41, 5.74) is 5.15. The number of amides is 1. The molecule has 1 rings (SSSR count). The molecular formula is C7H10N2O2. The molecule has 4 nitrogen and oxygen atoms in total. The van der Waals surface area contributed by atoms with Crippen molar-refractivity contribution in [3.63, 3.8) is 0 Å². The molecule has 0 aliphatic heterocycles. The van der Waals surface area contributed by atoms with Gasteiger partial charge in [0.15, 0.2) is 11.6 Å². The first-order chi connectivity index (χ1) is 5.11. The maximum Gasteiger partial charge on any atom is 0.270 e. The summed E-state index contributed by atoms with van der Waals surface area (Å²) in [7, 11) is 0. The summed E-state index contributed by atoms with van der Waals surface area (Å²) in [6.07, 6.45) is 1.28. The lowest BCUT2D eigenvalue weighted by atomic mass is 10.2. The lowest BCUT2D eigenvalue weighted by molar-refractivity contribution is 0.0995. The number of nitrogens with two attached hydrogens (primary N) is 1. The van der Waals surface area contributed by atoms with E-state index in [1.54, 1.807) is 0 Å². The maximum absolute atomic E-state index is 10.5. The molecule has 1 amide bonds. The van der Waals surface area contributed by atoms with E-state index in [2.05, 4.69) is 4.98 Å². The Hall–Kier alpha value is -1.32. The molecule has 0 aliphatic rings. The molecule has 0 spiro atoms. The number of rotatable bonds is 2. The predicted octanol–water partition coefficient (Wildman–Crippen LogP) is 0.897. The van der Waals surface area contributed by atoms with Gasteiger partial charge in [0, 0.05) is 5.92 Å². The van der Waals surface area contributed by atoms with E-state index in [-0.39, 0.29) is 11.6 Å². The highest BCUT2D eigenvalue weighted by atomic mass is 16.3. The summed E-state index contributed by atoms with van der Waals surface area (Å²) in [4.78, 5) is 14.4. The molecule has 11 heavy (non-hydrogen) atoms. The van der Waals surface area contributed by atoms with E-state index in [1.807, 2.05) is 13.8 Å². The molecule has 1 aromatic heterocycles. The minimum atomic E-state index is -0.555. The average Bonchev–Trinajstić information content (AvgIpc) is 2.33. The van der Waals surface area contributed by atoms with Crippen LogP contribution in [-0.4, -0.2) is 10.9 Å². The third-order valence-electron chi connectivity index (χ3n) is 1.27. The highest BCUT2D eigenvalue weighted by Gasteiger charge is 2.10. The van der Waals surface area contributed by atoms with Gasteiger partial charge < -0.3 is 10.2 Å². The number of oxazole rings is 1. The topological polar surface area (TPSA) is 69.1 Å². The second kappa shape index (κ2) is 2.74. The third-order valence-corrected chi connectivity index (χ3v) is 1.27. The van der Waals surface area contributed by atoms with Crippen molar-refractivity contribution in [2.45, 2.75) is 19.8 Å². The molecule has 0 aliphatic carbocycles. The molecule has 4 heteroatoms. The Labute approximate surface area is 64.4 Å². The Balaban J connectivity index is 2.90. The van der Waals surface area contributed by atoms with Crippen LogP contribution in [0.25, 0.3) is 0 Å². The summed E-state index contributed by atoms with van der Waals surface area (Å²) in [6, 6.07) is 0. The molecule has 0 fully saturated rings. The molecule has 0 aromatic carbocycles. The molecule has 0 radical (unpaired) electrons. The van der Waals surface area contributed by atoms with Gasteiger partial charge in [0.2, 0.25) is 0 Å². The molecule has 1 heterocycles. The van der Waals surface area contributed by atoms with Gasteiger partial charge in [0.05, 0.1) is 0 Å². The van der Waals surface area contributed by atoms with Crippen molar-refractivity contribution < 1.29 is 9.21 Å². The van der Waals surface area contributed by atoms with Crippen LogP contribution in [0.2, 0.25) is 0 Å².